The number of anilines is 1. The molecule has 0 saturated carbocycles. The Hall–Kier alpha value is -3.72. The molecule has 35 heavy (non-hydrogen) atoms. The van der Waals surface area contributed by atoms with Crippen LogP contribution in [0.4, 0.5) is 10.5 Å². The van der Waals surface area contributed by atoms with Gasteiger partial charge in [-0.15, -0.1) is 6.58 Å². The van der Waals surface area contributed by atoms with E-state index >= 15 is 0 Å². The maximum Gasteiger partial charge on any atom is 0.294 e. The molecule has 2 aromatic rings. The second-order valence-electron chi connectivity index (χ2n) is 7.41. The molecular formula is C26H28N2O6S. The highest BCUT2D eigenvalue weighted by molar-refractivity contribution is 8.18. The van der Waals surface area contributed by atoms with Crippen molar-refractivity contribution in [1.29, 1.82) is 0 Å². The van der Waals surface area contributed by atoms with E-state index in [1.54, 1.807) is 49.6 Å². The monoisotopic (exact) mass is 496 g/mol. The van der Waals surface area contributed by atoms with E-state index in [-0.39, 0.29) is 11.4 Å². The summed E-state index contributed by atoms with van der Waals surface area (Å²) >= 11 is 0.790. The third kappa shape index (κ3) is 6.45. The van der Waals surface area contributed by atoms with E-state index in [2.05, 4.69) is 11.9 Å². The zero-order chi connectivity index (χ0) is 25.4. The summed E-state index contributed by atoms with van der Waals surface area (Å²) in [5, 5.41) is 2.18. The molecule has 0 atom stereocenters. The van der Waals surface area contributed by atoms with Gasteiger partial charge >= 0.3 is 0 Å². The van der Waals surface area contributed by atoms with Gasteiger partial charge in [0.2, 0.25) is 5.91 Å². The quantitative estimate of drug-likeness (QED) is 0.349. The molecule has 1 fully saturated rings. The van der Waals surface area contributed by atoms with Crippen LogP contribution in [0.25, 0.3) is 6.08 Å². The summed E-state index contributed by atoms with van der Waals surface area (Å²) in [6.07, 6.45) is 3.90. The summed E-state index contributed by atoms with van der Waals surface area (Å²) in [6.45, 7) is 8.11. The lowest BCUT2D eigenvalue weighted by atomic mass is 10.0. The minimum atomic E-state index is -0.527. The molecule has 1 saturated heterocycles. The van der Waals surface area contributed by atoms with Crippen LogP contribution in [0.5, 0.6) is 17.2 Å². The molecule has 1 aliphatic rings. The summed E-state index contributed by atoms with van der Waals surface area (Å²) < 4.78 is 16.6. The molecule has 0 aromatic heterocycles. The number of ether oxygens (including phenoxy) is 3. The third-order valence-electron chi connectivity index (χ3n) is 4.94. The van der Waals surface area contributed by atoms with Crippen LogP contribution in [0.15, 0.2) is 54.0 Å². The van der Waals surface area contributed by atoms with Crippen LogP contribution in [0.1, 0.15) is 25.0 Å². The fourth-order valence-corrected chi connectivity index (χ4v) is 4.34. The summed E-state index contributed by atoms with van der Waals surface area (Å²) in [5.41, 5.74) is 2.06. The molecule has 184 valence electrons. The molecular weight excluding hydrogens is 468 g/mol. The van der Waals surface area contributed by atoms with Crippen LogP contribution in [0.3, 0.4) is 0 Å². The Balaban J connectivity index is 1.75. The highest BCUT2D eigenvalue weighted by Gasteiger charge is 2.36. The van der Waals surface area contributed by atoms with Crippen LogP contribution in [-0.2, 0) is 16.0 Å². The number of amides is 3. The topological polar surface area (TPSA) is 94.2 Å². The lowest BCUT2D eigenvalue weighted by Gasteiger charge is -2.14. The first kappa shape index (κ1) is 25.9. The predicted octanol–water partition coefficient (Wildman–Crippen LogP) is 4.90. The van der Waals surface area contributed by atoms with Gasteiger partial charge in [0.1, 0.15) is 12.3 Å². The van der Waals surface area contributed by atoms with E-state index in [0.717, 1.165) is 22.2 Å². The minimum absolute atomic E-state index is 0.223. The predicted molar refractivity (Wildman–Crippen MR) is 137 cm³/mol. The number of hydrogen-bond acceptors (Lipinski definition) is 7. The number of benzene rings is 2. The molecule has 9 heteroatoms. The summed E-state index contributed by atoms with van der Waals surface area (Å²) in [7, 11) is 1.56. The number of imide groups is 1. The largest absolute Gasteiger partial charge is 0.494 e. The maximum absolute atomic E-state index is 12.9. The first-order valence-electron chi connectivity index (χ1n) is 11.1. The number of thioether (sulfide) groups is 1. The average molecular weight is 497 g/mol. The number of carbonyl (C=O) groups is 3. The first-order chi connectivity index (χ1) is 16.9. The smallest absolute Gasteiger partial charge is 0.294 e. The van der Waals surface area contributed by atoms with E-state index < -0.39 is 17.1 Å². The number of methoxy groups -OCH3 is 1. The van der Waals surface area contributed by atoms with E-state index in [1.807, 2.05) is 19.9 Å². The standard InChI is InChI=1S/C26H28N2O6S/c1-5-8-18-13-17(14-21(34-7-3)24(18)32-4)15-22-25(30)28(26(31)35-22)16-23(29)27-19-9-11-20(12-10-19)33-6-2/h5,9-15H,1,6-8,16H2,2-4H3,(H,27,29)/b22-15+. The summed E-state index contributed by atoms with van der Waals surface area (Å²) in [4.78, 5) is 39.1. The van der Waals surface area contributed by atoms with Crippen LogP contribution in [0.2, 0.25) is 0 Å². The molecule has 0 radical (unpaired) electrons. The molecule has 0 bridgehead atoms. The molecule has 0 aliphatic carbocycles. The van der Waals surface area contributed by atoms with E-state index in [1.165, 1.54) is 0 Å². The van der Waals surface area contributed by atoms with Crippen molar-refractivity contribution in [3.8, 4) is 17.2 Å². The van der Waals surface area contributed by atoms with Crippen molar-refractivity contribution in [3.05, 3.63) is 65.1 Å². The van der Waals surface area contributed by atoms with Crippen LogP contribution in [-0.4, -0.2) is 48.8 Å². The van der Waals surface area contributed by atoms with Crippen molar-refractivity contribution in [2.45, 2.75) is 20.3 Å². The molecule has 1 N–H and O–H groups in total. The number of nitrogens with one attached hydrogen (secondary N) is 1. The maximum atomic E-state index is 12.9. The average Bonchev–Trinajstić information content (AvgIpc) is 3.08. The fraction of sp³-hybridized carbons (Fsp3) is 0.269. The SMILES string of the molecule is C=CCc1cc(/C=C2/SC(=O)N(CC(=O)Nc3ccc(OCC)cc3)C2=O)cc(OCC)c1OC. The normalized spacial score (nSPS) is 14.3. The second-order valence-corrected chi connectivity index (χ2v) is 8.40. The highest BCUT2D eigenvalue weighted by Crippen LogP contribution is 2.37. The van der Waals surface area contributed by atoms with Gasteiger partial charge in [-0.3, -0.25) is 19.3 Å². The van der Waals surface area contributed by atoms with Gasteiger partial charge < -0.3 is 19.5 Å². The molecule has 0 unspecified atom stereocenters. The first-order valence-corrected chi connectivity index (χ1v) is 11.9. The van der Waals surface area contributed by atoms with Gasteiger partial charge in [-0.2, -0.15) is 0 Å². The Kier molecular flexibility index (Phi) is 8.97. The summed E-state index contributed by atoms with van der Waals surface area (Å²) in [5.74, 6) is 0.816. The third-order valence-corrected chi connectivity index (χ3v) is 5.85. The number of allylic oxidation sites excluding steroid dienone is 1. The van der Waals surface area contributed by atoms with Crippen LogP contribution in [0, 0.1) is 0 Å². The Morgan fingerprint density at radius 2 is 1.83 bits per heavy atom. The zero-order valence-electron chi connectivity index (χ0n) is 20.0. The molecule has 1 aliphatic heterocycles. The van der Waals surface area contributed by atoms with Gasteiger partial charge in [-0.05, 0) is 80.1 Å². The number of nitrogens with zero attached hydrogens (tertiary/aromatic N) is 1. The van der Waals surface area contributed by atoms with Gasteiger partial charge in [-0.1, -0.05) is 6.08 Å². The Morgan fingerprint density at radius 3 is 2.46 bits per heavy atom. The highest BCUT2D eigenvalue weighted by atomic mass is 32.2. The molecule has 0 spiro atoms. The van der Waals surface area contributed by atoms with Crippen molar-refractivity contribution < 1.29 is 28.6 Å². The van der Waals surface area contributed by atoms with Crippen LogP contribution >= 0.6 is 11.8 Å². The van der Waals surface area contributed by atoms with E-state index in [4.69, 9.17) is 14.2 Å². The molecule has 2 aromatic carbocycles. The van der Waals surface area contributed by atoms with Crippen molar-refractivity contribution in [2.24, 2.45) is 0 Å². The fourth-order valence-electron chi connectivity index (χ4n) is 3.50. The molecule has 3 amide bonds. The second kappa shape index (κ2) is 12.1. The van der Waals surface area contributed by atoms with Crippen molar-refractivity contribution >= 4 is 40.6 Å². The van der Waals surface area contributed by atoms with Crippen molar-refractivity contribution in [2.75, 3.05) is 32.2 Å². The van der Waals surface area contributed by atoms with Gasteiger partial charge in [0.05, 0.1) is 25.2 Å². The van der Waals surface area contributed by atoms with Crippen molar-refractivity contribution in [1.82, 2.24) is 4.90 Å². The zero-order valence-corrected chi connectivity index (χ0v) is 20.8. The number of hydrogen-bond donors (Lipinski definition) is 1. The lowest BCUT2D eigenvalue weighted by Crippen LogP contribution is -2.36. The molecule has 3 rings (SSSR count). The van der Waals surface area contributed by atoms with E-state index in [9.17, 15) is 14.4 Å². The Labute approximate surface area is 208 Å². The minimum Gasteiger partial charge on any atom is -0.494 e. The molecule has 1 heterocycles. The lowest BCUT2D eigenvalue weighted by molar-refractivity contribution is -0.127. The van der Waals surface area contributed by atoms with Crippen molar-refractivity contribution in [3.63, 3.8) is 0 Å². The van der Waals surface area contributed by atoms with Gasteiger partial charge in [0.25, 0.3) is 11.1 Å². The van der Waals surface area contributed by atoms with E-state index in [0.29, 0.717) is 48.1 Å². The molecule has 8 nitrogen and oxygen atoms in total. The Bertz CT molecular complexity index is 1140. The van der Waals surface area contributed by atoms with Gasteiger partial charge in [-0.25, -0.2) is 0 Å². The summed E-state index contributed by atoms with van der Waals surface area (Å²) in [6, 6.07) is 10.5. The van der Waals surface area contributed by atoms with Gasteiger partial charge in [0.15, 0.2) is 11.5 Å². The number of carbonyl (C=O) groups excluding carboxylic acids is 3. The Morgan fingerprint density at radius 1 is 1.11 bits per heavy atom. The number of rotatable bonds is 11. The van der Waals surface area contributed by atoms with Crippen LogP contribution < -0.4 is 19.5 Å². The van der Waals surface area contributed by atoms with Gasteiger partial charge in [0, 0.05) is 11.3 Å².